The first-order valence-corrected chi connectivity index (χ1v) is 7.08. The molecule has 1 aliphatic rings. The molecule has 22 heavy (non-hydrogen) atoms. The number of aliphatic imine (C=N–C) groups is 1. The number of amidine groups is 1. The van der Waals surface area contributed by atoms with Crippen LogP contribution in [0.1, 0.15) is 11.4 Å². The fourth-order valence-electron chi connectivity index (χ4n) is 2.57. The number of hydrogen-bond acceptors (Lipinski definition) is 5. The molecule has 108 valence electrons. The Morgan fingerprint density at radius 3 is 2.77 bits per heavy atom. The summed E-state index contributed by atoms with van der Waals surface area (Å²) in [6, 6.07) is 7.97. The van der Waals surface area contributed by atoms with Gasteiger partial charge in [0.05, 0.1) is 17.8 Å². The first-order chi connectivity index (χ1) is 10.9. The van der Waals surface area contributed by atoms with Crippen molar-refractivity contribution in [2.45, 2.75) is 0 Å². The summed E-state index contributed by atoms with van der Waals surface area (Å²) in [5.41, 5.74) is 3.72. The number of nitrogens with one attached hydrogen (secondary N) is 1. The van der Waals surface area contributed by atoms with Crippen LogP contribution < -0.4 is 5.32 Å². The third-order valence-corrected chi connectivity index (χ3v) is 3.59. The number of hydrogen-bond donors (Lipinski definition) is 1. The van der Waals surface area contributed by atoms with Crippen molar-refractivity contribution in [1.29, 1.82) is 0 Å². The minimum atomic E-state index is 0.598. The van der Waals surface area contributed by atoms with Crippen LogP contribution in [0.2, 0.25) is 0 Å². The second kappa shape index (κ2) is 5.07. The lowest BCUT2D eigenvalue weighted by Crippen LogP contribution is -2.20. The van der Waals surface area contributed by atoms with Gasteiger partial charge in [-0.25, -0.2) is 9.50 Å². The van der Waals surface area contributed by atoms with Gasteiger partial charge in [-0.15, -0.1) is 5.10 Å². The third kappa shape index (κ3) is 1.96. The predicted molar refractivity (Wildman–Crippen MR) is 85.7 cm³/mol. The minimum Gasteiger partial charge on any atom is -0.368 e. The van der Waals surface area contributed by atoms with E-state index in [0.717, 1.165) is 41.4 Å². The number of nitrogens with zero attached hydrogens (tertiary/aromatic N) is 5. The summed E-state index contributed by atoms with van der Waals surface area (Å²) in [6.45, 7) is 5.41. The maximum absolute atomic E-state index is 4.56. The quantitative estimate of drug-likeness (QED) is 0.798. The molecule has 0 fully saturated rings. The van der Waals surface area contributed by atoms with E-state index in [4.69, 9.17) is 0 Å². The van der Waals surface area contributed by atoms with Crippen LogP contribution in [0.15, 0.2) is 48.2 Å². The summed E-state index contributed by atoms with van der Waals surface area (Å²) in [5.74, 6) is 1.47. The average molecular weight is 290 g/mol. The highest BCUT2D eigenvalue weighted by atomic mass is 15.3. The van der Waals surface area contributed by atoms with E-state index in [1.807, 2.05) is 28.8 Å². The molecule has 0 aliphatic carbocycles. The molecule has 1 aliphatic heterocycles. The molecule has 1 N–H and O–H groups in total. The van der Waals surface area contributed by atoms with Gasteiger partial charge in [-0.2, -0.15) is 0 Å². The number of rotatable bonds is 3. The Hall–Kier alpha value is -3.02. The zero-order chi connectivity index (χ0) is 14.9. The van der Waals surface area contributed by atoms with E-state index in [2.05, 4.69) is 32.0 Å². The second-order valence-electron chi connectivity index (χ2n) is 4.93. The van der Waals surface area contributed by atoms with Gasteiger partial charge in [0, 0.05) is 24.5 Å². The van der Waals surface area contributed by atoms with E-state index < -0.39 is 0 Å². The van der Waals surface area contributed by atoms with Gasteiger partial charge in [-0.05, 0) is 30.3 Å². The fourth-order valence-corrected chi connectivity index (χ4v) is 2.57. The Morgan fingerprint density at radius 1 is 1.18 bits per heavy atom. The largest absolute Gasteiger partial charge is 0.368 e. The van der Waals surface area contributed by atoms with Crippen molar-refractivity contribution in [3.63, 3.8) is 0 Å². The molecule has 3 aromatic heterocycles. The average Bonchev–Trinajstić information content (AvgIpc) is 3.24. The summed E-state index contributed by atoms with van der Waals surface area (Å²) < 4.78 is 1.84. The van der Waals surface area contributed by atoms with Crippen molar-refractivity contribution in [2.75, 3.05) is 13.1 Å². The van der Waals surface area contributed by atoms with Gasteiger partial charge in [-0.1, -0.05) is 6.58 Å². The molecule has 0 aromatic carbocycles. The number of fused-ring (bicyclic) bond motifs is 1. The molecule has 0 unspecified atom stereocenters. The van der Waals surface area contributed by atoms with Gasteiger partial charge in [0.2, 0.25) is 0 Å². The van der Waals surface area contributed by atoms with Gasteiger partial charge >= 0.3 is 0 Å². The number of aromatic nitrogens is 4. The summed E-state index contributed by atoms with van der Waals surface area (Å²) in [4.78, 5) is 13.1. The van der Waals surface area contributed by atoms with Crippen LogP contribution in [0.4, 0.5) is 0 Å². The minimum absolute atomic E-state index is 0.598. The molecule has 6 heteroatoms. The van der Waals surface area contributed by atoms with Crippen molar-refractivity contribution in [1.82, 2.24) is 24.9 Å². The monoisotopic (exact) mass is 290 g/mol. The van der Waals surface area contributed by atoms with Crippen molar-refractivity contribution in [3.8, 4) is 11.3 Å². The molecular formula is C16H14N6. The molecule has 0 saturated carbocycles. The van der Waals surface area contributed by atoms with Crippen LogP contribution >= 0.6 is 0 Å². The van der Waals surface area contributed by atoms with E-state index in [1.54, 1.807) is 18.5 Å². The molecule has 0 radical (unpaired) electrons. The van der Waals surface area contributed by atoms with Gasteiger partial charge in [0.15, 0.2) is 11.5 Å². The Labute approximate surface area is 127 Å². The van der Waals surface area contributed by atoms with Crippen molar-refractivity contribution >= 4 is 17.6 Å². The Balaban J connectivity index is 1.99. The van der Waals surface area contributed by atoms with Crippen LogP contribution in [0.5, 0.6) is 0 Å². The van der Waals surface area contributed by atoms with E-state index in [-0.39, 0.29) is 0 Å². The first-order valence-electron chi connectivity index (χ1n) is 7.08. The Kier molecular flexibility index (Phi) is 2.93. The molecule has 4 heterocycles. The molecule has 0 amide bonds. The van der Waals surface area contributed by atoms with Crippen molar-refractivity contribution < 1.29 is 0 Å². The van der Waals surface area contributed by atoms with Crippen LogP contribution in [-0.4, -0.2) is 38.5 Å². The lowest BCUT2D eigenvalue weighted by Gasteiger charge is -2.08. The number of pyridine rings is 2. The third-order valence-electron chi connectivity index (χ3n) is 3.59. The van der Waals surface area contributed by atoms with Crippen LogP contribution in [0, 0.1) is 0 Å². The molecule has 0 atom stereocenters. The zero-order valence-corrected chi connectivity index (χ0v) is 11.9. The zero-order valence-electron chi connectivity index (χ0n) is 11.9. The SMILES string of the molecule is C=Cc1nc2c(C3=NCCN3)ccc(-c3ccncc3)n2n1. The summed E-state index contributed by atoms with van der Waals surface area (Å²) in [6.07, 6.45) is 5.18. The van der Waals surface area contributed by atoms with Crippen molar-refractivity contribution in [3.05, 3.63) is 54.6 Å². The maximum atomic E-state index is 4.56. The molecule has 3 aromatic rings. The highest BCUT2D eigenvalue weighted by molar-refractivity contribution is 6.05. The smallest absolute Gasteiger partial charge is 0.174 e. The predicted octanol–water partition coefficient (Wildman–Crippen LogP) is 1.78. The van der Waals surface area contributed by atoms with Gasteiger partial charge < -0.3 is 5.32 Å². The molecule has 6 nitrogen and oxygen atoms in total. The Morgan fingerprint density at radius 2 is 2.05 bits per heavy atom. The fraction of sp³-hybridized carbons (Fsp3) is 0.125. The van der Waals surface area contributed by atoms with E-state index in [9.17, 15) is 0 Å². The van der Waals surface area contributed by atoms with Gasteiger partial charge in [0.25, 0.3) is 0 Å². The highest BCUT2D eigenvalue weighted by Gasteiger charge is 2.17. The topological polar surface area (TPSA) is 67.5 Å². The van der Waals surface area contributed by atoms with Crippen LogP contribution in [0.25, 0.3) is 23.0 Å². The van der Waals surface area contributed by atoms with E-state index >= 15 is 0 Å². The highest BCUT2D eigenvalue weighted by Crippen LogP contribution is 2.22. The summed E-state index contributed by atoms with van der Waals surface area (Å²) >= 11 is 0. The van der Waals surface area contributed by atoms with Gasteiger partial charge in [-0.3, -0.25) is 9.98 Å². The van der Waals surface area contributed by atoms with E-state index in [0.29, 0.717) is 5.82 Å². The summed E-state index contributed by atoms with van der Waals surface area (Å²) in [5, 5.41) is 7.81. The van der Waals surface area contributed by atoms with Crippen LogP contribution in [-0.2, 0) is 0 Å². The van der Waals surface area contributed by atoms with E-state index in [1.165, 1.54) is 0 Å². The molecule has 0 saturated heterocycles. The lowest BCUT2D eigenvalue weighted by molar-refractivity contribution is 0.952. The standard InChI is InChI=1S/C16H14N6/c1-2-14-20-16-12(15-18-9-10-19-15)3-4-13(22(16)21-14)11-5-7-17-8-6-11/h2-8H,1,9-10H2,(H,18,19). The van der Waals surface area contributed by atoms with Crippen molar-refractivity contribution in [2.24, 2.45) is 4.99 Å². The normalized spacial score (nSPS) is 13.9. The van der Waals surface area contributed by atoms with Gasteiger partial charge in [0.1, 0.15) is 5.84 Å². The Bertz CT molecular complexity index is 878. The first kappa shape index (κ1) is 12.7. The molecule has 0 spiro atoms. The summed E-state index contributed by atoms with van der Waals surface area (Å²) in [7, 11) is 0. The molecule has 4 rings (SSSR count). The lowest BCUT2D eigenvalue weighted by atomic mass is 10.1. The molecular weight excluding hydrogens is 276 g/mol. The molecule has 0 bridgehead atoms. The van der Waals surface area contributed by atoms with Crippen LogP contribution in [0.3, 0.4) is 0 Å². The second-order valence-corrected chi connectivity index (χ2v) is 4.93. The maximum Gasteiger partial charge on any atom is 0.174 e.